The lowest BCUT2D eigenvalue weighted by Gasteiger charge is -1.80. The number of carbonyl (C=O) groups excluding carboxylic acids is 1. The Balaban J connectivity index is -0.0000000910. The van der Waals surface area contributed by atoms with Gasteiger partial charge in [0.05, 0.1) is 0 Å². The summed E-state index contributed by atoms with van der Waals surface area (Å²) in [6.45, 7) is 4.48. The van der Waals surface area contributed by atoms with E-state index in [1.807, 2.05) is 0 Å². The number of hydrogen-bond acceptors (Lipinski definition) is 3. The molecule has 10 heavy (non-hydrogen) atoms. The predicted molar refractivity (Wildman–Crippen MR) is 43.0 cm³/mol. The second-order valence-corrected chi connectivity index (χ2v) is 1.12. The molecule has 0 aliphatic carbocycles. The van der Waals surface area contributed by atoms with Gasteiger partial charge in [0.15, 0.2) is 0 Å². The summed E-state index contributed by atoms with van der Waals surface area (Å²) in [7, 11) is 3.05. The molecule has 0 aromatic carbocycles. The Bertz CT molecular complexity index is 83.8. The van der Waals surface area contributed by atoms with Crippen LogP contribution >= 0.6 is 0 Å². The van der Waals surface area contributed by atoms with Gasteiger partial charge in [-0.1, -0.05) is 7.43 Å². The van der Waals surface area contributed by atoms with Gasteiger partial charge in [-0.2, -0.15) is 0 Å². The number of carbonyl (C=O) groups is 1. The summed E-state index contributed by atoms with van der Waals surface area (Å²) in [6, 6.07) is 0. The van der Waals surface area contributed by atoms with Gasteiger partial charge in [0.2, 0.25) is 5.91 Å². The van der Waals surface area contributed by atoms with Crippen LogP contribution in [0.2, 0.25) is 0 Å². The molecule has 0 unspecified atom stereocenters. The van der Waals surface area contributed by atoms with E-state index in [2.05, 4.69) is 22.0 Å². The highest BCUT2D eigenvalue weighted by Gasteiger charge is 1.72. The van der Waals surface area contributed by atoms with E-state index >= 15 is 0 Å². The maximum Gasteiger partial charge on any atom is 0.216 e. The minimum absolute atomic E-state index is 0. The second kappa shape index (κ2) is 15.7. The van der Waals surface area contributed by atoms with Crippen molar-refractivity contribution in [1.82, 2.24) is 5.32 Å². The molecule has 0 radical (unpaired) electrons. The predicted octanol–water partition coefficient (Wildman–Crippen LogP) is 0.637. The molecule has 0 aromatic heterocycles. The molecule has 0 aromatic rings. The molecule has 1 N–H and O–H groups in total. The van der Waals surface area contributed by atoms with Crippen LogP contribution < -0.4 is 5.32 Å². The van der Waals surface area contributed by atoms with Crippen LogP contribution in [0.5, 0.6) is 0 Å². The van der Waals surface area contributed by atoms with Crippen molar-refractivity contribution in [3.63, 3.8) is 0 Å². The van der Waals surface area contributed by atoms with E-state index < -0.39 is 0 Å². The summed E-state index contributed by atoms with van der Waals surface area (Å²) in [6.07, 6.45) is 0. The number of amides is 1. The van der Waals surface area contributed by atoms with E-state index in [1.54, 1.807) is 7.05 Å². The molecule has 0 atom stereocenters. The van der Waals surface area contributed by atoms with Gasteiger partial charge in [-0.05, 0) is 0 Å². The number of nitrogens with zero attached hydrogens (tertiary/aromatic N) is 1. The van der Waals surface area contributed by atoms with Gasteiger partial charge in [0, 0.05) is 20.7 Å². The van der Waals surface area contributed by atoms with Gasteiger partial charge < -0.3 is 10.2 Å². The fourth-order valence-electron chi connectivity index (χ4n) is 0. The normalized spacial score (nSPS) is 5.50. The number of nitrogens with one attached hydrogen (secondary N) is 1. The molecule has 0 rings (SSSR count). The fourth-order valence-corrected chi connectivity index (χ4v) is 0. The Kier molecular flexibility index (Phi) is 25.0. The Morgan fingerprint density at radius 1 is 1.70 bits per heavy atom. The van der Waals surface area contributed by atoms with Gasteiger partial charge in [-0.25, -0.2) is 0 Å². The van der Waals surface area contributed by atoms with Gasteiger partial charge in [-0.3, -0.25) is 4.79 Å². The highest BCUT2D eigenvalue weighted by atomic mass is 16.6. The highest BCUT2D eigenvalue weighted by Crippen LogP contribution is 1.49. The van der Waals surface area contributed by atoms with Crippen LogP contribution in [0.1, 0.15) is 14.4 Å². The minimum Gasteiger partial charge on any atom is -0.400 e. The smallest absolute Gasteiger partial charge is 0.216 e. The SMILES string of the molecule is C.C=NOC.CNC(C)=O. The third-order valence-corrected chi connectivity index (χ3v) is 0.481. The van der Waals surface area contributed by atoms with Crippen molar-refractivity contribution in [2.24, 2.45) is 5.16 Å². The number of oxime groups is 1. The van der Waals surface area contributed by atoms with Gasteiger partial charge in [-0.15, -0.1) is 5.16 Å². The molecule has 4 nitrogen and oxygen atoms in total. The van der Waals surface area contributed by atoms with Gasteiger partial charge >= 0.3 is 0 Å². The number of rotatable bonds is 1. The first-order valence-electron chi connectivity index (χ1n) is 2.36. The van der Waals surface area contributed by atoms with E-state index in [4.69, 9.17) is 0 Å². The summed E-state index contributed by atoms with van der Waals surface area (Å²) >= 11 is 0. The number of hydrogen-bond donors (Lipinski definition) is 1. The molecule has 4 heteroatoms. The van der Waals surface area contributed by atoms with Crippen molar-refractivity contribution in [2.45, 2.75) is 14.4 Å². The molecule has 0 aliphatic heterocycles. The highest BCUT2D eigenvalue weighted by molar-refractivity contribution is 5.72. The quantitative estimate of drug-likeness (QED) is 0.438. The van der Waals surface area contributed by atoms with Crippen molar-refractivity contribution in [3.05, 3.63) is 0 Å². The van der Waals surface area contributed by atoms with Crippen LogP contribution in [0.4, 0.5) is 0 Å². The Labute approximate surface area is 62.2 Å². The molecule has 0 fully saturated rings. The van der Waals surface area contributed by atoms with Crippen molar-refractivity contribution < 1.29 is 9.63 Å². The topological polar surface area (TPSA) is 50.7 Å². The third-order valence-electron chi connectivity index (χ3n) is 0.481. The molecule has 0 saturated heterocycles. The summed E-state index contributed by atoms with van der Waals surface area (Å²) in [5, 5.41) is 5.38. The molecule has 0 heterocycles. The van der Waals surface area contributed by atoms with Crippen LogP contribution in [0.25, 0.3) is 0 Å². The van der Waals surface area contributed by atoms with Crippen molar-refractivity contribution >= 4 is 12.6 Å². The van der Waals surface area contributed by atoms with E-state index in [1.165, 1.54) is 14.0 Å². The van der Waals surface area contributed by atoms with E-state index in [9.17, 15) is 4.79 Å². The Hall–Kier alpha value is -1.06. The first-order valence-corrected chi connectivity index (χ1v) is 2.36. The zero-order chi connectivity index (χ0) is 7.70. The molecule has 0 aliphatic rings. The zero-order valence-electron chi connectivity index (χ0n) is 5.97. The van der Waals surface area contributed by atoms with Crippen LogP contribution in [0.3, 0.4) is 0 Å². The molecular formula is C6H16N2O2. The molecular weight excluding hydrogens is 132 g/mol. The molecule has 0 bridgehead atoms. The minimum atomic E-state index is 0. The fraction of sp³-hybridized carbons (Fsp3) is 0.667. The zero-order valence-corrected chi connectivity index (χ0v) is 5.97. The second-order valence-electron chi connectivity index (χ2n) is 1.12. The maximum absolute atomic E-state index is 9.70. The molecule has 0 spiro atoms. The third kappa shape index (κ3) is 65.1. The largest absolute Gasteiger partial charge is 0.400 e. The van der Waals surface area contributed by atoms with Gasteiger partial charge in [0.25, 0.3) is 0 Å². The molecule has 0 saturated carbocycles. The summed E-state index contributed by atoms with van der Waals surface area (Å²) in [5.74, 6) is 0.00463. The van der Waals surface area contributed by atoms with Crippen molar-refractivity contribution in [2.75, 3.05) is 14.2 Å². The first-order chi connectivity index (χ1) is 4.18. The average molecular weight is 148 g/mol. The lowest BCUT2D eigenvalue weighted by molar-refractivity contribution is -0.118. The summed E-state index contributed by atoms with van der Waals surface area (Å²) < 4.78 is 0. The first kappa shape index (κ1) is 16.0. The van der Waals surface area contributed by atoms with E-state index in [-0.39, 0.29) is 13.3 Å². The van der Waals surface area contributed by atoms with E-state index in [0.717, 1.165) is 0 Å². The maximum atomic E-state index is 9.70. The molecule has 62 valence electrons. The van der Waals surface area contributed by atoms with Gasteiger partial charge in [0.1, 0.15) is 7.11 Å². The van der Waals surface area contributed by atoms with Crippen LogP contribution in [0.15, 0.2) is 5.16 Å². The monoisotopic (exact) mass is 148 g/mol. The Morgan fingerprint density at radius 2 is 1.90 bits per heavy atom. The van der Waals surface area contributed by atoms with Crippen LogP contribution in [0, 0.1) is 0 Å². The average Bonchev–Trinajstić information content (AvgIpc) is 1.89. The lowest BCUT2D eigenvalue weighted by atomic mass is 10.7. The molecule has 1 amide bonds. The lowest BCUT2D eigenvalue weighted by Crippen LogP contribution is -2.11. The van der Waals surface area contributed by atoms with Crippen LogP contribution in [-0.2, 0) is 9.63 Å². The van der Waals surface area contributed by atoms with Crippen molar-refractivity contribution in [1.29, 1.82) is 0 Å². The van der Waals surface area contributed by atoms with Crippen LogP contribution in [-0.4, -0.2) is 26.8 Å². The summed E-state index contributed by atoms with van der Waals surface area (Å²) in [4.78, 5) is 13.8. The van der Waals surface area contributed by atoms with E-state index in [0.29, 0.717) is 0 Å². The standard InChI is InChI=1S/C3H7NO.C2H5NO.CH4/c1-3(5)4-2;1-3-4-2;/h1-2H3,(H,4,5);1H2,2H3;1H4. The summed E-state index contributed by atoms with van der Waals surface area (Å²) in [5.41, 5.74) is 0. The van der Waals surface area contributed by atoms with Crippen molar-refractivity contribution in [3.8, 4) is 0 Å². The Morgan fingerprint density at radius 3 is 1.90 bits per heavy atom.